The largest absolute Gasteiger partial charge is 0.504 e. The van der Waals surface area contributed by atoms with Crippen LogP contribution < -0.4 is 15.5 Å². The van der Waals surface area contributed by atoms with Crippen molar-refractivity contribution in [3.8, 4) is 11.5 Å². The number of carbonyl (C=O) groups is 2. The lowest BCUT2D eigenvalue weighted by Crippen LogP contribution is -2.37. The first-order valence-electron chi connectivity index (χ1n) is 6.76. The van der Waals surface area contributed by atoms with E-state index in [4.69, 9.17) is 4.74 Å². The van der Waals surface area contributed by atoms with Crippen molar-refractivity contribution in [2.75, 3.05) is 13.7 Å². The number of phenolic OH excluding ortho intramolecular Hbond substituents is 1. The zero-order valence-corrected chi connectivity index (χ0v) is 12.8. The van der Waals surface area contributed by atoms with E-state index >= 15 is 0 Å². The predicted molar refractivity (Wildman–Crippen MR) is 87.5 cm³/mol. The van der Waals surface area contributed by atoms with E-state index in [0.29, 0.717) is 17.5 Å². The number of benzene rings is 1. The molecule has 0 aliphatic heterocycles. The molecule has 0 aromatic heterocycles. The summed E-state index contributed by atoms with van der Waals surface area (Å²) in [4.78, 5) is 22.8. The smallest absolute Gasteiger partial charge is 0.329 e. The Kier molecular flexibility index (Phi) is 7.06. The first-order valence-corrected chi connectivity index (χ1v) is 6.76. The van der Waals surface area contributed by atoms with Gasteiger partial charge in [-0.15, -0.1) is 13.2 Å². The van der Waals surface area contributed by atoms with Gasteiger partial charge in [0.15, 0.2) is 11.5 Å². The molecule has 0 spiro atoms. The fraction of sp³-hybridized carbons (Fsp3) is 0.188. The molecule has 0 fully saturated rings. The van der Waals surface area contributed by atoms with Crippen LogP contribution in [0.15, 0.2) is 42.5 Å². The molecule has 2 amide bonds. The molecular weight excluding hydrogens is 298 g/mol. The van der Waals surface area contributed by atoms with Crippen LogP contribution in [0.4, 0.5) is 0 Å². The number of allylic oxidation sites excluding steroid dienone is 1. The van der Waals surface area contributed by atoms with E-state index in [9.17, 15) is 14.7 Å². The van der Waals surface area contributed by atoms with Crippen LogP contribution in [0.5, 0.6) is 11.5 Å². The molecule has 7 nitrogen and oxygen atoms in total. The zero-order chi connectivity index (χ0) is 17.2. The summed E-state index contributed by atoms with van der Waals surface area (Å²) in [5.74, 6) is -1.39. The van der Waals surface area contributed by atoms with Gasteiger partial charge in [-0.2, -0.15) is 5.10 Å². The van der Waals surface area contributed by atoms with Crippen molar-refractivity contribution in [1.29, 1.82) is 0 Å². The molecule has 1 rings (SSSR count). The fourth-order valence-corrected chi connectivity index (χ4v) is 1.69. The lowest BCUT2D eigenvalue weighted by Gasteiger charge is -2.09. The third kappa shape index (κ3) is 5.31. The van der Waals surface area contributed by atoms with Crippen LogP contribution in [-0.4, -0.2) is 36.8 Å². The van der Waals surface area contributed by atoms with Gasteiger partial charge in [-0.1, -0.05) is 12.2 Å². The summed E-state index contributed by atoms with van der Waals surface area (Å²) in [5.41, 5.74) is 3.30. The van der Waals surface area contributed by atoms with Crippen molar-refractivity contribution in [1.82, 2.24) is 10.7 Å². The van der Waals surface area contributed by atoms with Crippen molar-refractivity contribution in [3.05, 3.63) is 48.6 Å². The number of nitrogens with one attached hydrogen (secondary N) is 2. The molecule has 3 N–H and O–H groups in total. The Morgan fingerprint density at radius 3 is 2.65 bits per heavy atom. The maximum atomic E-state index is 11.4. The minimum atomic E-state index is -0.889. The lowest BCUT2D eigenvalue weighted by molar-refractivity contribution is -0.139. The maximum absolute atomic E-state index is 11.4. The van der Waals surface area contributed by atoms with E-state index in [1.165, 1.54) is 19.4 Å². The average molecular weight is 317 g/mol. The highest BCUT2D eigenvalue weighted by atomic mass is 16.5. The summed E-state index contributed by atoms with van der Waals surface area (Å²) in [5, 5.41) is 16.0. The second-order valence-corrected chi connectivity index (χ2v) is 4.42. The third-order valence-corrected chi connectivity index (χ3v) is 2.75. The van der Waals surface area contributed by atoms with E-state index in [1.54, 1.807) is 18.2 Å². The van der Waals surface area contributed by atoms with Crippen molar-refractivity contribution in [3.63, 3.8) is 0 Å². The summed E-state index contributed by atoms with van der Waals surface area (Å²) in [6.07, 6.45) is 4.88. The molecule has 23 heavy (non-hydrogen) atoms. The quantitative estimate of drug-likeness (QED) is 0.301. The number of rotatable bonds is 7. The van der Waals surface area contributed by atoms with Gasteiger partial charge in [-0.05, 0) is 24.1 Å². The number of ether oxygens (including phenoxy) is 1. The van der Waals surface area contributed by atoms with E-state index < -0.39 is 11.8 Å². The van der Waals surface area contributed by atoms with Gasteiger partial charge >= 0.3 is 11.8 Å². The van der Waals surface area contributed by atoms with E-state index in [1.807, 2.05) is 0 Å². The summed E-state index contributed by atoms with van der Waals surface area (Å²) in [7, 11) is 1.43. The molecule has 0 aliphatic carbocycles. The van der Waals surface area contributed by atoms with Crippen LogP contribution in [0.25, 0.3) is 0 Å². The Labute approximate surface area is 134 Å². The number of methoxy groups -OCH3 is 1. The predicted octanol–water partition coefficient (Wildman–Crippen LogP) is 0.882. The minimum absolute atomic E-state index is 0.0254. The molecule has 0 bridgehead atoms. The van der Waals surface area contributed by atoms with Crippen LogP contribution in [0, 0.1) is 0 Å². The molecule has 0 saturated carbocycles. The van der Waals surface area contributed by atoms with Crippen LogP contribution in [0.3, 0.4) is 0 Å². The summed E-state index contributed by atoms with van der Waals surface area (Å²) in [6, 6.07) is 3.22. The Hall–Kier alpha value is -3.09. The van der Waals surface area contributed by atoms with Gasteiger partial charge in [-0.25, -0.2) is 5.43 Å². The number of carbonyl (C=O) groups excluding carboxylic acids is 2. The number of amides is 2. The van der Waals surface area contributed by atoms with Crippen LogP contribution in [0.2, 0.25) is 0 Å². The fourth-order valence-electron chi connectivity index (χ4n) is 1.69. The van der Waals surface area contributed by atoms with Gasteiger partial charge < -0.3 is 15.2 Å². The maximum Gasteiger partial charge on any atom is 0.329 e. The number of hydrogen-bond acceptors (Lipinski definition) is 5. The minimum Gasteiger partial charge on any atom is -0.504 e. The molecule has 1 aromatic rings. The molecule has 0 radical (unpaired) electrons. The molecule has 1 aromatic carbocycles. The first kappa shape index (κ1) is 18.0. The Bertz CT molecular complexity index is 638. The SMILES string of the molecule is C=CCNC(=O)C(=O)N/N=C/c1cc(CC=C)c(O)c(OC)c1. The van der Waals surface area contributed by atoms with Crippen molar-refractivity contribution in [2.45, 2.75) is 6.42 Å². The number of hydrazone groups is 1. The van der Waals surface area contributed by atoms with Gasteiger partial charge in [-0.3, -0.25) is 9.59 Å². The average Bonchev–Trinajstić information content (AvgIpc) is 2.55. The van der Waals surface area contributed by atoms with Crippen LogP contribution in [0.1, 0.15) is 11.1 Å². The molecular formula is C16H19N3O4. The van der Waals surface area contributed by atoms with Gasteiger partial charge in [0.1, 0.15) is 0 Å². The third-order valence-electron chi connectivity index (χ3n) is 2.75. The summed E-state index contributed by atoms with van der Waals surface area (Å²) in [6.45, 7) is 7.23. The van der Waals surface area contributed by atoms with Crippen molar-refractivity contribution in [2.24, 2.45) is 5.10 Å². The Balaban J connectivity index is 2.81. The number of nitrogens with zero attached hydrogens (tertiary/aromatic N) is 1. The molecule has 0 atom stereocenters. The Morgan fingerprint density at radius 1 is 1.30 bits per heavy atom. The van der Waals surface area contributed by atoms with Gasteiger partial charge in [0.2, 0.25) is 0 Å². The van der Waals surface area contributed by atoms with Crippen molar-refractivity contribution >= 4 is 18.0 Å². The zero-order valence-electron chi connectivity index (χ0n) is 12.8. The van der Waals surface area contributed by atoms with Gasteiger partial charge in [0.25, 0.3) is 0 Å². The molecule has 0 heterocycles. The van der Waals surface area contributed by atoms with E-state index in [0.717, 1.165) is 0 Å². The standard InChI is InChI=1S/C16H19N3O4/c1-4-6-12-8-11(9-13(23-3)14(12)20)10-18-19-16(22)15(21)17-7-5-2/h4-5,8-10,20H,1-2,6-7H2,3H3,(H,17,21)(H,19,22)/b18-10+. The topological polar surface area (TPSA) is 100 Å². The van der Waals surface area contributed by atoms with E-state index in [2.05, 4.69) is 29.0 Å². The first-order chi connectivity index (χ1) is 11.0. The molecule has 7 heteroatoms. The molecule has 0 saturated heterocycles. The highest BCUT2D eigenvalue weighted by Crippen LogP contribution is 2.31. The highest BCUT2D eigenvalue weighted by molar-refractivity contribution is 6.35. The molecule has 122 valence electrons. The summed E-state index contributed by atoms with van der Waals surface area (Å²) >= 11 is 0. The second kappa shape index (κ2) is 9.04. The van der Waals surface area contributed by atoms with Crippen LogP contribution in [-0.2, 0) is 16.0 Å². The van der Waals surface area contributed by atoms with Crippen molar-refractivity contribution < 1.29 is 19.4 Å². The normalized spacial score (nSPS) is 10.1. The Morgan fingerprint density at radius 2 is 2.04 bits per heavy atom. The van der Waals surface area contributed by atoms with Gasteiger partial charge in [0, 0.05) is 12.1 Å². The highest BCUT2D eigenvalue weighted by Gasteiger charge is 2.11. The number of aromatic hydroxyl groups is 1. The lowest BCUT2D eigenvalue weighted by atomic mass is 10.1. The number of hydrogen-bond donors (Lipinski definition) is 3. The second-order valence-electron chi connectivity index (χ2n) is 4.42. The molecule has 0 aliphatic rings. The molecule has 0 unspecified atom stereocenters. The van der Waals surface area contributed by atoms with Gasteiger partial charge in [0.05, 0.1) is 13.3 Å². The number of phenols is 1. The van der Waals surface area contributed by atoms with E-state index in [-0.39, 0.29) is 18.0 Å². The monoisotopic (exact) mass is 317 g/mol. The summed E-state index contributed by atoms with van der Waals surface area (Å²) < 4.78 is 5.08. The van der Waals surface area contributed by atoms with Crippen LogP contribution >= 0.6 is 0 Å².